The van der Waals surface area contributed by atoms with Crippen LogP contribution in [0.4, 0.5) is 0 Å². The van der Waals surface area contributed by atoms with Gasteiger partial charge in [-0.3, -0.25) is 4.79 Å². The van der Waals surface area contributed by atoms with Crippen LogP contribution in [0.25, 0.3) is 6.08 Å². The van der Waals surface area contributed by atoms with E-state index in [2.05, 4.69) is 5.32 Å². The van der Waals surface area contributed by atoms with E-state index in [1.165, 1.54) is 12.2 Å². The lowest BCUT2D eigenvalue weighted by molar-refractivity contribution is -0.143. The number of halogens is 1. The largest absolute Gasteiger partial charge is 0.497 e. The molecule has 0 bridgehead atoms. The molecule has 1 aromatic heterocycles. The lowest BCUT2D eigenvalue weighted by Gasteiger charge is -2.06. The van der Waals surface area contributed by atoms with E-state index in [1.807, 2.05) is 46.9 Å². The van der Waals surface area contributed by atoms with Crippen molar-refractivity contribution in [3.8, 4) is 5.75 Å². The average Bonchev–Trinajstić information content (AvgIpc) is 3.02. The number of carbonyl (C=O) groups is 2. The van der Waals surface area contributed by atoms with Crippen molar-refractivity contribution in [2.75, 3.05) is 13.7 Å². The molecule has 6 nitrogen and oxygen atoms in total. The third kappa shape index (κ3) is 6.07. The normalized spacial score (nSPS) is 10.6. The molecule has 0 atom stereocenters. The molecule has 1 N–H and O–H groups in total. The van der Waals surface area contributed by atoms with E-state index in [-0.39, 0.29) is 12.5 Å². The first-order chi connectivity index (χ1) is 11.6. The Labute approximate surface area is 153 Å². The zero-order valence-corrected chi connectivity index (χ0v) is 15.1. The minimum absolute atomic E-state index is 0.338. The Morgan fingerprint density at radius 2 is 1.96 bits per heavy atom. The van der Waals surface area contributed by atoms with Gasteiger partial charge in [-0.1, -0.05) is 12.1 Å². The van der Waals surface area contributed by atoms with E-state index in [1.54, 1.807) is 19.2 Å². The zero-order chi connectivity index (χ0) is 17.4. The molecule has 0 fully saturated rings. The van der Waals surface area contributed by atoms with Gasteiger partial charge in [0.25, 0.3) is 5.91 Å². The molecule has 0 aliphatic rings. The van der Waals surface area contributed by atoms with E-state index in [4.69, 9.17) is 13.9 Å². The molecule has 0 aliphatic carbocycles. The number of ether oxygens (including phenoxy) is 2. The maximum absolute atomic E-state index is 11.7. The zero-order valence-electron chi connectivity index (χ0n) is 13.0. The number of amides is 1. The number of hydrogen-bond acceptors (Lipinski definition) is 5. The Balaban J connectivity index is 1.70. The van der Waals surface area contributed by atoms with Crippen LogP contribution in [0, 0.1) is 3.77 Å². The van der Waals surface area contributed by atoms with Crippen molar-refractivity contribution < 1.29 is 23.5 Å². The van der Waals surface area contributed by atoms with Crippen molar-refractivity contribution in [2.45, 2.75) is 6.54 Å². The highest BCUT2D eigenvalue weighted by Crippen LogP contribution is 2.12. The van der Waals surface area contributed by atoms with E-state index in [0.29, 0.717) is 12.3 Å². The molecule has 0 spiro atoms. The highest BCUT2D eigenvalue weighted by atomic mass is 127. The van der Waals surface area contributed by atoms with Gasteiger partial charge in [0.15, 0.2) is 10.4 Å². The molecular formula is C17H16INO5. The Kier molecular flexibility index (Phi) is 6.86. The third-order valence-electron chi connectivity index (χ3n) is 2.97. The molecule has 0 aliphatic heterocycles. The van der Waals surface area contributed by atoms with Crippen LogP contribution in [-0.2, 0) is 20.9 Å². The molecule has 2 aromatic rings. The van der Waals surface area contributed by atoms with Crippen molar-refractivity contribution in [2.24, 2.45) is 0 Å². The van der Waals surface area contributed by atoms with Gasteiger partial charge in [-0.05, 0) is 58.5 Å². The van der Waals surface area contributed by atoms with Gasteiger partial charge in [-0.2, -0.15) is 0 Å². The van der Waals surface area contributed by atoms with Crippen molar-refractivity contribution in [1.29, 1.82) is 0 Å². The summed E-state index contributed by atoms with van der Waals surface area (Å²) >= 11 is 2.02. The maximum atomic E-state index is 11.7. The van der Waals surface area contributed by atoms with Crippen molar-refractivity contribution in [3.05, 3.63) is 57.6 Å². The van der Waals surface area contributed by atoms with E-state index in [0.717, 1.165) is 15.1 Å². The lowest BCUT2D eigenvalue weighted by Crippen LogP contribution is -2.28. The minimum atomic E-state index is -0.610. The molecule has 7 heteroatoms. The van der Waals surface area contributed by atoms with Crippen LogP contribution in [-0.4, -0.2) is 25.6 Å². The number of furan rings is 1. The average molecular weight is 441 g/mol. The van der Waals surface area contributed by atoms with Crippen LogP contribution >= 0.6 is 22.6 Å². The van der Waals surface area contributed by atoms with Gasteiger partial charge in [0.2, 0.25) is 0 Å². The summed E-state index contributed by atoms with van der Waals surface area (Å²) in [6.07, 6.45) is 2.70. The van der Waals surface area contributed by atoms with Crippen LogP contribution in [0.1, 0.15) is 11.3 Å². The summed E-state index contributed by atoms with van der Waals surface area (Å²) in [5.41, 5.74) is 0.919. The number of benzene rings is 1. The minimum Gasteiger partial charge on any atom is -0.497 e. The SMILES string of the molecule is COc1ccc(CNC(=O)COC(=O)/C=C/c2ccc(I)o2)cc1. The van der Waals surface area contributed by atoms with Gasteiger partial charge in [0.05, 0.1) is 7.11 Å². The summed E-state index contributed by atoms with van der Waals surface area (Å²) in [4.78, 5) is 23.2. The molecule has 1 heterocycles. The lowest BCUT2D eigenvalue weighted by atomic mass is 10.2. The van der Waals surface area contributed by atoms with Gasteiger partial charge in [-0.15, -0.1) is 0 Å². The van der Waals surface area contributed by atoms with Crippen LogP contribution < -0.4 is 10.1 Å². The maximum Gasteiger partial charge on any atom is 0.331 e. The summed E-state index contributed by atoms with van der Waals surface area (Å²) in [5, 5.41) is 2.67. The van der Waals surface area contributed by atoms with Crippen LogP contribution in [0.3, 0.4) is 0 Å². The van der Waals surface area contributed by atoms with Gasteiger partial charge in [0.1, 0.15) is 11.5 Å². The summed E-state index contributed by atoms with van der Waals surface area (Å²) < 4.78 is 15.9. The number of carbonyl (C=O) groups excluding carboxylic acids is 2. The highest BCUT2D eigenvalue weighted by molar-refractivity contribution is 14.1. The second-order valence-corrected chi connectivity index (χ2v) is 5.77. The van der Waals surface area contributed by atoms with E-state index in [9.17, 15) is 9.59 Å². The summed E-state index contributed by atoms with van der Waals surface area (Å²) in [5.74, 6) is 0.304. The molecular weight excluding hydrogens is 425 g/mol. The molecule has 0 saturated heterocycles. The summed E-state index contributed by atoms with van der Waals surface area (Å²) in [6, 6.07) is 10.8. The first-order valence-electron chi connectivity index (χ1n) is 7.06. The first kappa shape index (κ1) is 18.1. The second-order valence-electron chi connectivity index (χ2n) is 4.71. The second kappa shape index (κ2) is 9.11. The smallest absolute Gasteiger partial charge is 0.331 e. The number of rotatable bonds is 7. The standard InChI is InChI=1S/C17H16INO5/c1-22-13-4-2-12(3-5-13)10-19-16(20)11-23-17(21)9-7-14-6-8-15(18)24-14/h2-9H,10-11H2,1H3,(H,19,20)/b9-7+. The van der Waals surface area contributed by atoms with Crippen molar-refractivity contribution >= 4 is 40.5 Å². The number of nitrogens with one attached hydrogen (secondary N) is 1. The van der Waals surface area contributed by atoms with Gasteiger partial charge < -0.3 is 19.2 Å². The van der Waals surface area contributed by atoms with Gasteiger partial charge in [0, 0.05) is 12.6 Å². The topological polar surface area (TPSA) is 77.8 Å². The van der Waals surface area contributed by atoms with Crippen molar-refractivity contribution in [3.63, 3.8) is 0 Å². The molecule has 0 unspecified atom stereocenters. The number of hydrogen-bond donors (Lipinski definition) is 1. The number of methoxy groups -OCH3 is 1. The van der Waals surface area contributed by atoms with Gasteiger partial charge in [-0.25, -0.2) is 4.79 Å². The fraction of sp³-hybridized carbons (Fsp3) is 0.176. The van der Waals surface area contributed by atoms with Crippen LogP contribution in [0.2, 0.25) is 0 Å². The van der Waals surface area contributed by atoms with Crippen LogP contribution in [0.15, 0.2) is 46.9 Å². The molecule has 1 amide bonds. The van der Waals surface area contributed by atoms with Crippen molar-refractivity contribution in [1.82, 2.24) is 5.32 Å². The predicted molar refractivity (Wildman–Crippen MR) is 96.3 cm³/mol. The summed E-state index contributed by atoms with van der Waals surface area (Å²) in [6.45, 7) is 0.00999. The van der Waals surface area contributed by atoms with E-state index < -0.39 is 5.97 Å². The molecule has 1 aromatic carbocycles. The molecule has 0 radical (unpaired) electrons. The Hall–Kier alpha value is -2.29. The molecule has 2 rings (SSSR count). The fourth-order valence-corrected chi connectivity index (χ4v) is 2.18. The summed E-state index contributed by atoms with van der Waals surface area (Å²) in [7, 11) is 1.59. The Bertz CT molecular complexity index is 721. The predicted octanol–water partition coefficient (Wildman–Crippen LogP) is 2.77. The fourth-order valence-electron chi connectivity index (χ4n) is 1.75. The van der Waals surface area contributed by atoms with Crippen LogP contribution in [0.5, 0.6) is 5.75 Å². The number of esters is 1. The highest BCUT2D eigenvalue weighted by Gasteiger charge is 2.05. The quantitative estimate of drug-likeness (QED) is 0.406. The Morgan fingerprint density at radius 3 is 2.58 bits per heavy atom. The molecule has 0 saturated carbocycles. The third-order valence-corrected chi connectivity index (χ3v) is 3.55. The molecule has 126 valence electrons. The monoisotopic (exact) mass is 441 g/mol. The van der Waals surface area contributed by atoms with Gasteiger partial charge >= 0.3 is 5.97 Å². The first-order valence-corrected chi connectivity index (χ1v) is 8.14. The van der Waals surface area contributed by atoms with E-state index >= 15 is 0 Å². The molecule has 24 heavy (non-hydrogen) atoms. The Morgan fingerprint density at radius 1 is 1.21 bits per heavy atom.